The highest BCUT2D eigenvalue weighted by molar-refractivity contribution is 5.89. The molecule has 1 aliphatic heterocycles. The van der Waals surface area contributed by atoms with Crippen LogP contribution >= 0.6 is 0 Å². The number of rotatable bonds is 3. The number of aromatic nitrogens is 2. The molecule has 0 amide bonds. The van der Waals surface area contributed by atoms with E-state index in [0.29, 0.717) is 36.2 Å². The van der Waals surface area contributed by atoms with Crippen LogP contribution in [-0.2, 0) is 13.6 Å². The Kier molecular flexibility index (Phi) is 5.46. The van der Waals surface area contributed by atoms with Crippen molar-refractivity contribution >= 4 is 22.5 Å². The van der Waals surface area contributed by atoms with Gasteiger partial charge >= 0.3 is 0 Å². The molecule has 0 radical (unpaired) electrons. The van der Waals surface area contributed by atoms with E-state index >= 15 is 0 Å². The summed E-state index contributed by atoms with van der Waals surface area (Å²) in [5, 5.41) is 0. The number of anilines is 1. The topological polar surface area (TPSA) is 45.7 Å². The van der Waals surface area contributed by atoms with Gasteiger partial charge in [-0.05, 0) is 43.7 Å². The molecule has 3 heterocycles. The lowest BCUT2D eigenvalue weighted by Gasteiger charge is -2.45. The molecular formula is C23H23F2N5O. The van der Waals surface area contributed by atoms with Crippen molar-refractivity contribution < 1.29 is 8.78 Å². The Hall–Kier alpha value is -3.31. The van der Waals surface area contributed by atoms with Crippen molar-refractivity contribution in [3.8, 4) is 0 Å². The summed E-state index contributed by atoms with van der Waals surface area (Å²) >= 11 is 0. The average molecular weight is 423 g/mol. The summed E-state index contributed by atoms with van der Waals surface area (Å²) in [5.74, 6) is -1.41. The van der Waals surface area contributed by atoms with Gasteiger partial charge in [0, 0.05) is 44.8 Å². The summed E-state index contributed by atoms with van der Waals surface area (Å²) in [7, 11) is 1.69. The van der Waals surface area contributed by atoms with Crippen LogP contribution < -0.4 is 10.5 Å². The molecule has 31 heavy (non-hydrogen) atoms. The number of aryl methyl sites for hydroxylation is 1. The van der Waals surface area contributed by atoms with Gasteiger partial charge in [-0.1, -0.05) is 12.6 Å². The van der Waals surface area contributed by atoms with Gasteiger partial charge in [0.15, 0.2) is 11.6 Å². The lowest BCUT2D eigenvalue weighted by molar-refractivity contribution is 0.158. The van der Waals surface area contributed by atoms with E-state index in [9.17, 15) is 13.6 Å². The normalized spacial score (nSPS) is 19.5. The maximum absolute atomic E-state index is 13.6. The summed E-state index contributed by atoms with van der Waals surface area (Å²) < 4.78 is 28.4. The number of piperazine rings is 1. The quantitative estimate of drug-likeness (QED) is 0.600. The SMILES string of the molecule is [C-]#[N+]c1ccc2c(n1)c(N1C[C@@H](C)N(Cc3ccc(F)c(F)c3)C[C@@H]1C)cc(=O)n2C. The molecule has 2 aromatic heterocycles. The Morgan fingerprint density at radius 1 is 1.10 bits per heavy atom. The summed E-state index contributed by atoms with van der Waals surface area (Å²) in [6.45, 7) is 13.2. The number of pyridine rings is 2. The van der Waals surface area contributed by atoms with Gasteiger partial charge < -0.3 is 14.3 Å². The van der Waals surface area contributed by atoms with E-state index in [1.165, 1.54) is 10.6 Å². The van der Waals surface area contributed by atoms with Crippen LogP contribution in [0.2, 0.25) is 0 Å². The second-order valence-corrected chi connectivity index (χ2v) is 8.10. The van der Waals surface area contributed by atoms with Gasteiger partial charge in [-0.15, -0.1) is 4.98 Å². The van der Waals surface area contributed by atoms with Crippen molar-refractivity contribution in [3.63, 3.8) is 0 Å². The fourth-order valence-electron chi connectivity index (χ4n) is 4.21. The van der Waals surface area contributed by atoms with Crippen LogP contribution in [0.1, 0.15) is 19.4 Å². The Morgan fingerprint density at radius 3 is 2.58 bits per heavy atom. The second-order valence-electron chi connectivity index (χ2n) is 8.10. The van der Waals surface area contributed by atoms with Crippen LogP contribution in [-0.4, -0.2) is 39.6 Å². The highest BCUT2D eigenvalue weighted by Crippen LogP contribution is 2.30. The first kappa shape index (κ1) is 20.9. The zero-order valence-corrected chi connectivity index (χ0v) is 17.6. The molecule has 1 aliphatic rings. The number of hydrogen-bond donors (Lipinski definition) is 0. The molecular weight excluding hydrogens is 400 g/mol. The zero-order valence-electron chi connectivity index (χ0n) is 17.6. The molecule has 160 valence electrons. The Bertz CT molecular complexity index is 1250. The molecule has 0 bridgehead atoms. The van der Waals surface area contributed by atoms with Gasteiger partial charge in [-0.25, -0.2) is 8.78 Å². The van der Waals surface area contributed by atoms with Crippen LogP contribution in [0.5, 0.6) is 0 Å². The Morgan fingerprint density at radius 2 is 1.87 bits per heavy atom. The molecule has 4 rings (SSSR count). The molecule has 0 saturated carbocycles. The molecule has 0 aliphatic carbocycles. The third-order valence-electron chi connectivity index (χ3n) is 5.96. The van der Waals surface area contributed by atoms with Gasteiger partial charge in [0.05, 0.1) is 11.2 Å². The molecule has 2 atom stereocenters. The van der Waals surface area contributed by atoms with Gasteiger partial charge in [-0.2, -0.15) is 0 Å². The molecule has 3 aromatic rings. The Balaban J connectivity index is 1.66. The minimum atomic E-state index is -0.848. The van der Waals surface area contributed by atoms with Crippen molar-refractivity contribution in [2.45, 2.75) is 32.5 Å². The van der Waals surface area contributed by atoms with Crippen LogP contribution in [0.15, 0.2) is 41.2 Å². The predicted octanol–water partition coefficient (Wildman–Crippen LogP) is 3.86. The molecule has 0 unspecified atom stereocenters. The molecule has 8 heteroatoms. The van der Waals surface area contributed by atoms with Crippen molar-refractivity contribution in [2.24, 2.45) is 7.05 Å². The fraction of sp³-hybridized carbons (Fsp3) is 0.348. The number of hydrogen-bond acceptors (Lipinski definition) is 4. The molecule has 1 fully saturated rings. The standard InChI is InChI=1S/C23H23F2N5O/c1-14-12-30(15(2)11-29(14)13-16-5-6-17(24)18(25)9-16)20-10-22(31)28(4)19-7-8-21(26-3)27-23(19)20/h5-10,14-15H,11-13H2,1-2,4H3/t14-,15+/m1/s1. The number of benzene rings is 1. The molecule has 6 nitrogen and oxygen atoms in total. The molecule has 1 aromatic carbocycles. The van der Waals surface area contributed by atoms with E-state index in [1.807, 2.05) is 0 Å². The zero-order chi connectivity index (χ0) is 22.3. The lowest BCUT2D eigenvalue weighted by Crippen LogP contribution is -2.56. The van der Waals surface area contributed by atoms with Crippen molar-refractivity contribution in [1.82, 2.24) is 14.5 Å². The van der Waals surface area contributed by atoms with Gasteiger partial charge in [0.25, 0.3) is 11.4 Å². The van der Waals surface area contributed by atoms with Crippen LogP contribution in [0.4, 0.5) is 20.3 Å². The van der Waals surface area contributed by atoms with Crippen molar-refractivity contribution in [1.29, 1.82) is 0 Å². The molecule has 0 N–H and O–H groups in total. The second kappa shape index (κ2) is 8.08. The van der Waals surface area contributed by atoms with Gasteiger partial charge in [0.2, 0.25) is 5.52 Å². The third kappa shape index (κ3) is 3.89. The van der Waals surface area contributed by atoms with Crippen LogP contribution in [0.3, 0.4) is 0 Å². The number of halogens is 2. The number of nitrogens with zero attached hydrogens (tertiary/aromatic N) is 5. The average Bonchev–Trinajstić information content (AvgIpc) is 2.75. The summed E-state index contributed by atoms with van der Waals surface area (Å²) in [6, 6.07) is 9.11. The largest absolute Gasteiger partial charge is 0.362 e. The first-order valence-corrected chi connectivity index (χ1v) is 10.1. The summed E-state index contributed by atoms with van der Waals surface area (Å²) in [6.07, 6.45) is 0. The van der Waals surface area contributed by atoms with E-state index in [1.54, 1.807) is 31.3 Å². The monoisotopic (exact) mass is 423 g/mol. The fourth-order valence-corrected chi connectivity index (χ4v) is 4.21. The van der Waals surface area contributed by atoms with Crippen molar-refractivity contribution in [3.05, 3.63) is 75.4 Å². The third-order valence-corrected chi connectivity index (χ3v) is 5.96. The van der Waals surface area contributed by atoms with E-state index in [0.717, 1.165) is 11.8 Å². The van der Waals surface area contributed by atoms with Gasteiger partial charge in [-0.3, -0.25) is 9.69 Å². The molecule has 0 spiro atoms. The van der Waals surface area contributed by atoms with E-state index in [2.05, 4.69) is 33.5 Å². The van der Waals surface area contributed by atoms with Crippen LogP contribution in [0.25, 0.3) is 15.9 Å². The smallest absolute Gasteiger partial charge is 0.270 e. The minimum Gasteiger partial charge on any atom is -0.362 e. The van der Waals surface area contributed by atoms with E-state index < -0.39 is 11.6 Å². The first-order chi connectivity index (χ1) is 14.8. The minimum absolute atomic E-state index is 0.0511. The first-order valence-electron chi connectivity index (χ1n) is 10.1. The summed E-state index contributed by atoms with van der Waals surface area (Å²) in [5.41, 5.74) is 2.61. The van der Waals surface area contributed by atoms with E-state index in [4.69, 9.17) is 6.57 Å². The lowest BCUT2D eigenvalue weighted by atomic mass is 10.0. The molecule has 1 saturated heterocycles. The Labute approximate surface area is 179 Å². The highest BCUT2D eigenvalue weighted by atomic mass is 19.2. The van der Waals surface area contributed by atoms with Crippen molar-refractivity contribution in [2.75, 3.05) is 18.0 Å². The van der Waals surface area contributed by atoms with E-state index in [-0.39, 0.29) is 23.5 Å². The summed E-state index contributed by atoms with van der Waals surface area (Å²) in [4.78, 5) is 24.9. The maximum Gasteiger partial charge on any atom is 0.270 e. The predicted molar refractivity (Wildman–Crippen MR) is 116 cm³/mol. The highest BCUT2D eigenvalue weighted by Gasteiger charge is 2.31. The van der Waals surface area contributed by atoms with Gasteiger partial charge in [0.1, 0.15) is 0 Å². The number of fused-ring (bicyclic) bond motifs is 1. The maximum atomic E-state index is 13.6. The van der Waals surface area contributed by atoms with Crippen LogP contribution in [0, 0.1) is 18.2 Å².